The van der Waals surface area contributed by atoms with E-state index in [1.165, 1.54) is 11.3 Å². The van der Waals surface area contributed by atoms with Crippen LogP contribution in [0.15, 0.2) is 24.3 Å². The van der Waals surface area contributed by atoms with E-state index in [1.54, 1.807) is 31.2 Å². The first-order valence-corrected chi connectivity index (χ1v) is 7.05. The van der Waals surface area contributed by atoms with Crippen molar-refractivity contribution in [3.8, 4) is 0 Å². The summed E-state index contributed by atoms with van der Waals surface area (Å²) >= 11 is 1.30. The number of nitrogens with zero attached hydrogens (tertiary/aromatic N) is 2. The molecule has 0 fully saturated rings. The highest BCUT2D eigenvalue weighted by molar-refractivity contribution is 7.15. The molecule has 1 aromatic carbocycles. The smallest absolute Gasteiger partial charge is 0.411 e. The van der Waals surface area contributed by atoms with Gasteiger partial charge in [0.05, 0.1) is 6.61 Å². The Balaban J connectivity index is 1.98. The highest BCUT2D eigenvalue weighted by Gasteiger charge is 2.09. The fraction of sp³-hybridized carbons (Fsp3) is 0.231. The summed E-state index contributed by atoms with van der Waals surface area (Å²) in [6, 6.07) is 6.45. The molecule has 0 spiro atoms. The lowest BCUT2D eigenvalue weighted by Gasteiger charge is -2.06. The molecular weight excluding hydrogens is 292 g/mol. The Morgan fingerprint density at radius 2 is 1.90 bits per heavy atom. The molecular formula is C13H14N4O3S. The van der Waals surface area contributed by atoms with E-state index in [9.17, 15) is 9.59 Å². The zero-order chi connectivity index (χ0) is 15.2. The molecule has 0 aliphatic carbocycles. The van der Waals surface area contributed by atoms with Crippen LogP contribution in [-0.2, 0) is 4.74 Å². The van der Waals surface area contributed by atoms with E-state index >= 15 is 0 Å². The molecule has 1 heterocycles. The highest BCUT2D eigenvalue weighted by Crippen LogP contribution is 2.16. The minimum absolute atomic E-state index is 0.283. The van der Waals surface area contributed by atoms with Crippen LogP contribution in [-0.4, -0.2) is 28.8 Å². The number of nitrogens with one attached hydrogen (secondary N) is 2. The van der Waals surface area contributed by atoms with Gasteiger partial charge >= 0.3 is 6.09 Å². The number of carbonyl (C=O) groups is 2. The number of anilines is 2. The second-order valence-electron chi connectivity index (χ2n) is 4.00. The first kappa shape index (κ1) is 14.9. The lowest BCUT2D eigenvalue weighted by molar-refractivity contribution is 0.102. The number of amides is 2. The van der Waals surface area contributed by atoms with Crippen molar-refractivity contribution >= 4 is 34.2 Å². The third-order valence-electron chi connectivity index (χ3n) is 2.42. The molecule has 0 radical (unpaired) electrons. The van der Waals surface area contributed by atoms with Gasteiger partial charge in [0.1, 0.15) is 5.01 Å². The van der Waals surface area contributed by atoms with Crippen LogP contribution in [0.3, 0.4) is 0 Å². The minimum Gasteiger partial charge on any atom is -0.450 e. The van der Waals surface area contributed by atoms with E-state index in [0.717, 1.165) is 5.01 Å². The van der Waals surface area contributed by atoms with Crippen molar-refractivity contribution in [2.45, 2.75) is 13.8 Å². The largest absolute Gasteiger partial charge is 0.450 e. The quantitative estimate of drug-likeness (QED) is 0.905. The van der Waals surface area contributed by atoms with Crippen molar-refractivity contribution in [1.82, 2.24) is 10.2 Å². The molecule has 2 N–H and O–H groups in total. The minimum atomic E-state index is -0.529. The molecule has 0 unspecified atom stereocenters. The Bertz CT molecular complexity index is 639. The molecule has 0 aliphatic rings. The molecule has 0 aliphatic heterocycles. The molecule has 2 amide bonds. The topological polar surface area (TPSA) is 93.2 Å². The van der Waals surface area contributed by atoms with Crippen LogP contribution in [0.4, 0.5) is 15.6 Å². The van der Waals surface area contributed by atoms with Crippen molar-refractivity contribution in [1.29, 1.82) is 0 Å². The van der Waals surface area contributed by atoms with Gasteiger partial charge in [0, 0.05) is 11.3 Å². The average molecular weight is 306 g/mol. The summed E-state index contributed by atoms with van der Waals surface area (Å²) in [4.78, 5) is 23.2. The Labute approximate surface area is 125 Å². The molecule has 21 heavy (non-hydrogen) atoms. The summed E-state index contributed by atoms with van der Waals surface area (Å²) in [5, 5.41) is 14.1. The number of aromatic nitrogens is 2. The summed E-state index contributed by atoms with van der Waals surface area (Å²) < 4.78 is 4.76. The van der Waals surface area contributed by atoms with Gasteiger partial charge in [-0.25, -0.2) is 4.79 Å². The van der Waals surface area contributed by atoms with Gasteiger partial charge in [-0.15, -0.1) is 10.2 Å². The van der Waals surface area contributed by atoms with Gasteiger partial charge in [-0.1, -0.05) is 11.3 Å². The molecule has 0 bridgehead atoms. The summed E-state index contributed by atoms with van der Waals surface area (Å²) in [6.45, 7) is 3.83. The summed E-state index contributed by atoms with van der Waals surface area (Å²) in [5.74, 6) is -0.283. The Morgan fingerprint density at radius 3 is 2.48 bits per heavy atom. The zero-order valence-corrected chi connectivity index (χ0v) is 12.4. The third kappa shape index (κ3) is 4.25. The molecule has 2 aromatic rings. The normalized spacial score (nSPS) is 10.0. The predicted molar refractivity (Wildman–Crippen MR) is 79.7 cm³/mol. The maximum atomic E-state index is 12.0. The Morgan fingerprint density at radius 1 is 1.19 bits per heavy atom. The van der Waals surface area contributed by atoms with Crippen molar-refractivity contribution in [3.63, 3.8) is 0 Å². The first-order chi connectivity index (χ1) is 10.1. The summed E-state index contributed by atoms with van der Waals surface area (Å²) in [5.41, 5.74) is 1.01. The van der Waals surface area contributed by atoms with E-state index in [2.05, 4.69) is 20.8 Å². The SMILES string of the molecule is CCOC(=O)Nc1ccc(C(=O)Nc2nnc(C)s2)cc1. The van der Waals surface area contributed by atoms with Gasteiger partial charge in [0.25, 0.3) is 5.91 Å². The molecule has 110 valence electrons. The van der Waals surface area contributed by atoms with E-state index in [4.69, 9.17) is 4.74 Å². The molecule has 0 atom stereocenters. The fourth-order valence-electron chi connectivity index (χ4n) is 1.51. The molecule has 0 saturated heterocycles. The summed E-state index contributed by atoms with van der Waals surface area (Å²) in [6.07, 6.45) is -0.529. The van der Waals surface area contributed by atoms with Gasteiger partial charge in [0.2, 0.25) is 5.13 Å². The number of carbonyl (C=O) groups excluding carboxylic acids is 2. The van der Waals surface area contributed by atoms with Crippen LogP contribution in [0.25, 0.3) is 0 Å². The maximum Gasteiger partial charge on any atom is 0.411 e. The molecule has 0 saturated carbocycles. The van der Waals surface area contributed by atoms with Gasteiger partial charge in [-0.2, -0.15) is 0 Å². The third-order valence-corrected chi connectivity index (χ3v) is 3.17. The number of rotatable bonds is 4. The molecule has 2 rings (SSSR count). The second-order valence-corrected chi connectivity index (χ2v) is 5.18. The lowest BCUT2D eigenvalue weighted by Crippen LogP contribution is -2.14. The fourth-order valence-corrected chi connectivity index (χ4v) is 2.09. The average Bonchev–Trinajstić information content (AvgIpc) is 2.85. The van der Waals surface area contributed by atoms with Gasteiger partial charge in [-0.05, 0) is 38.1 Å². The van der Waals surface area contributed by atoms with E-state index in [0.29, 0.717) is 23.0 Å². The molecule has 1 aromatic heterocycles. The van der Waals surface area contributed by atoms with Gasteiger partial charge in [0.15, 0.2) is 0 Å². The molecule has 8 heteroatoms. The van der Waals surface area contributed by atoms with E-state index in [-0.39, 0.29) is 5.91 Å². The number of hydrogen-bond acceptors (Lipinski definition) is 6. The van der Waals surface area contributed by atoms with Crippen LogP contribution in [0, 0.1) is 6.92 Å². The first-order valence-electron chi connectivity index (χ1n) is 6.23. The molecule has 7 nitrogen and oxygen atoms in total. The number of aryl methyl sites for hydroxylation is 1. The highest BCUT2D eigenvalue weighted by atomic mass is 32.1. The standard InChI is InChI=1S/C13H14N4O3S/c1-3-20-13(19)14-10-6-4-9(5-7-10)11(18)15-12-17-16-8(2)21-12/h4-7H,3H2,1-2H3,(H,14,19)(H,15,17,18). The number of ether oxygens (including phenoxy) is 1. The van der Waals surface area contributed by atoms with Crippen LogP contribution in [0.1, 0.15) is 22.3 Å². The number of benzene rings is 1. The van der Waals surface area contributed by atoms with Gasteiger partial charge in [-0.3, -0.25) is 15.4 Å². The summed E-state index contributed by atoms with van der Waals surface area (Å²) in [7, 11) is 0. The zero-order valence-electron chi connectivity index (χ0n) is 11.5. The van der Waals surface area contributed by atoms with Crippen LogP contribution >= 0.6 is 11.3 Å². The van der Waals surface area contributed by atoms with Crippen molar-refractivity contribution in [3.05, 3.63) is 34.8 Å². The Hall–Kier alpha value is -2.48. The van der Waals surface area contributed by atoms with Crippen LogP contribution in [0.2, 0.25) is 0 Å². The Kier molecular flexibility index (Phi) is 4.83. The monoisotopic (exact) mass is 306 g/mol. The van der Waals surface area contributed by atoms with Crippen LogP contribution < -0.4 is 10.6 Å². The van der Waals surface area contributed by atoms with Gasteiger partial charge < -0.3 is 4.74 Å². The second kappa shape index (κ2) is 6.80. The van der Waals surface area contributed by atoms with E-state index in [1.807, 2.05) is 6.92 Å². The predicted octanol–water partition coefficient (Wildman–Crippen LogP) is 2.67. The van der Waals surface area contributed by atoms with Crippen molar-refractivity contribution < 1.29 is 14.3 Å². The van der Waals surface area contributed by atoms with Crippen molar-refractivity contribution in [2.24, 2.45) is 0 Å². The van der Waals surface area contributed by atoms with Crippen molar-refractivity contribution in [2.75, 3.05) is 17.2 Å². The van der Waals surface area contributed by atoms with Crippen LogP contribution in [0.5, 0.6) is 0 Å². The van der Waals surface area contributed by atoms with E-state index < -0.39 is 6.09 Å². The lowest BCUT2D eigenvalue weighted by atomic mass is 10.2. The maximum absolute atomic E-state index is 12.0. The number of hydrogen-bond donors (Lipinski definition) is 2.